The summed E-state index contributed by atoms with van der Waals surface area (Å²) in [5.41, 5.74) is -0.0907. The van der Waals surface area contributed by atoms with Gasteiger partial charge in [-0.05, 0) is 25.1 Å². The van der Waals surface area contributed by atoms with Crippen LogP contribution in [0.2, 0.25) is 0 Å². The Hall–Kier alpha value is -2.42. The molecule has 0 aliphatic rings. The van der Waals surface area contributed by atoms with Gasteiger partial charge in [-0.25, -0.2) is 13.2 Å². The van der Waals surface area contributed by atoms with E-state index in [4.69, 9.17) is 5.11 Å². The minimum absolute atomic E-state index is 0.0635. The van der Waals surface area contributed by atoms with Crippen LogP contribution in [0.3, 0.4) is 0 Å². The minimum Gasteiger partial charge on any atom is -0.477 e. The molecule has 20 heavy (non-hydrogen) atoms. The fourth-order valence-corrected chi connectivity index (χ4v) is 2.66. The van der Waals surface area contributed by atoms with Crippen LogP contribution in [0, 0.1) is 0 Å². The molecule has 0 unspecified atom stereocenters. The Morgan fingerprint density at radius 3 is 2.75 bits per heavy atom. The zero-order valence-corrected chi connectivity index (χ0v) is 11.3. The van der Waals surface area contributed by atoms with E-state index >= 15 is 0 Å². The van der Waals surface area contributed by atoms with Crippen molar-refractivity contribution >= 4 is 21.8 Å². The maximum Gasteiger partial charge on any atom is 0.352 e. The van der Waals surface area contributed by atoms with E-state index in [9.17, 15) is 13.2 Å². The van der Waals surface area contributed by atoms with Gasteiger partial charge in [0.05, 0.1) is 0 Å². The van der Waals surface area contributed by atoms with Gasteiger partial charge in [-0.15, -0.1) is 5.10 Å². The van der Waals surface area contributed by atoms with Gasteiger partial charge in [0.1, 0.15) is 10.6 Å². The third-order valence-electron chi connectivity index (χ3n) is 2.55. The Morgan fingerprint density at radius 1 is 1.50 bits per heavy atom. The highest BCUT2D eigenvalue weighted by Gasteiger charge is 2.21. The van der Waals surface area contributed by atoms with Gasteiger partial charge in [-0.2, -0.15) is 5.10 Å². The summed E-state index contributed by atoms with van der Waals surface area (Å²) >= 11 is 0. The number of aryl methyl sites for hydroxylation is 1. The first-order chi connectivity index (χ1) is 9.44. The topological polar surface area (TPSA) is 114 Å². The first kappa shape index (κ1) is 14.0. The standard InChI is InChI=1S/C11H12N4O4S/c1-2-15-7-8(6-9(15)11(16)17)20(18,19)14-10-4-3-5-12-13-10/h3-7H,2H2,1H3,(H,13,14)(H,16,17). The fraction of sp³-hybridized carbons (Fsp3) is 0.182. The molecular formula is C11H12N4O4S. The van der Waals surface area contributed by atoms with Crippen LogP contribution in [0.5, 0.6) is 0 Å². The Bertz CT molecular complexity index is 724. The van der Waals surface area contributed by atoms with Crippen LogP contribution >= 0.6 is 0 Å². The molecule has 0 saturated carbocycles. The van der Waals surface area contributed by atoms with Gasteiger partial charge >= 0.3 is 5.97 Å². The van der Waals surface area contributed by atoms with Crippen molar-refractivity contribution in [2.24, 2.45) is 0 Å². The molecule has 2 rings (SSSR count). The van der Waals surface area contributed by atoms with E-state index in [0.29, 0.717) is 6.54 Å². The van der Waals surface area contributed by atoms with E-state index < -0.39 is 16.0 Å². The molecule has 9 heteroatoms. The predicted octanol–water partition coefficient (Wildman–Crippen LogP) is 0.797. The highest BCUT2D eigenvalue weighted by Crippen LogP contribution is 2.17. The smallest absolute Gasteiger partial charge is 0.352 e. The summed E-state index contributed by atoms with van der Waals surface area (Å²) in [6.07, 6.45) is 2.68. The molecule has 0 amide bonds. The molecule has 2 aromatic heterocycles. The van der Waals surface area contributed by atoms with E-state index in [1.165, 1.54) is 29.1 Å². The number of carbonyl (C=O) groups is 1. The number of anilines is 1. The maximum atomic E-state index is 12.1. The van der Waals surface area contributed by atoms with Crippen LogP contribution in [-0.2, 0) is 16.6 Å². The van der Waals surface area contributed by atoms with Gasteiger partial charge in [0.25, 0.3) is 10.0 Å². The van der Waals surface area contributed by atoms with E-state index in [0.717, 1.165) is 6.07 Å². The normalized spacial score (nSPS) is 11.2. The molecule has 0 aromatic carbocycles. The lowest BCUT2D eigenvalue weighted by molar-refractivity contribution is 0.0685. The molecule has 0 spiro atoms. The summed E-state index contributed by atoms with van der Waals surface area (Å²) in [7, 11) is -3.90. The van der Waals surface area contributed by atoms with Crippen LogP contribution in [0.1, 0.15) is 17.4 Å². The van der Waals surface area contributed by atoms with Crippen LogP contribution in [0.4, 0.5) is 5.82 Å². The van der Waals surface area contributed by atoms with Gasteiger partial charge in [0.15, 0.2) is 5.82 Å². The summed E-state index contributed by atoms with van der Waals surface area (Å²) < 4.78 is 27.8. The highest BCUT2D eigenvalue weighted by molar-refractivity contribution is 7.92. The van der Waals surface area contributed by atoms with Gasteiger partial charge in [-0.1, -0.05) is 0 Å². The molecule has 2 heterocycles. The van der Waals surface area contributed by atoms with Gasteiger partial charge in [0, 0.05) is 18.9 Å². The van der Waals surface area contributed by atoms with Crippen molar-refractivity contribution in [2.75, 3.05) is 4.72 Å². The van der Waals surface area contributed by atoms with Crippen LogP contribution < -0.4 is 4.72 Å². The Kier molecular flexibility index (Phi) is 3.70. The maximum absolute atomic E-state index is 12.1. The van der Waals surface area contributed by atoms with Crippen molar-refractivity contribution in [1.29, 1.82) is 0 Å². The number of hydrogen-bond acceptors (Lipinski definition) is 5. The number of carboxylic acid groups (broad SMARTS) is 1. The molecular weight excluding hydrogens is 284 g/mol. The van der Waals surface area contributed by atoms with E-state index in [1.807, 2.05) is 0 Å². The van der Waals surface area contributed by atoms with Crippen LogP contribution in [0.25, 0.3) is 0 Å². The lowest BCUT2D eigenvalue weighted by atomic mass is 10.4. The number of sulfonamides is 1. The third-order valence-corrected chi connectivity index (χ3v) is 3.87. The van der Waals surface area contributed by atoms with Crippen LogP contribution in [0.15, 0.2) is 35.5 Å². The molecule has 0 fully saturated rings. The van der Waals surface area contributed by atoms with Crippen LogP contribution in [-0.4, -0.2) is 34.3 Å². The minimum atomic E-state index is -3.90. The van der Waals surface area contributed by atoms with Crippen molar-refractivity contribution in [3.63, 3.8) is 0 Å². The van der Waals surface area contributed by atoms with Gasteiger partial charge in [0.2, 0.25) is 0 Å². The molecule has 0 saturated heterocycles. The Balaban J connectivity index is 2.37. The summed E-state index contributed by atoms with van der Waals surface area (Å²) in [6.45, 7) is 2.07. The van der Waals surface area contributed by atoms with Crippen molar-refractivity contribution in [1.82, 2.24) is 14.8 Å². The molecule has 106 valence electrons. The first-order valence-electron chi connectivity index (χ1n) is 5.68. The highest BCUT2D eigenvalue weighted by atomic mass is 32.2. The average molecular weight is 296 g/mol. The monoisotopic (exact) mass is 296 g/mol. The number of rotatable bonds is 5. The van der Waals surface area contributed by atoms with Crippen molar-refractivity contribution in [2.45, 2.75) is 18.4 Å². The predicted molar refractivity (Wildman–Crippen MR) is 69.9 cm³/mol. The number of carboxylic acids is 1. The quantitative estimate of drug-likeness (QED) is 0.843. The molecule has 2 aromatic rings. The Morgan fingerprint density at radius 2 is 2.25 bits per heavy atom. The summed E-state index contributed by atoms with van der Waals surface area (Å²) in [4.78, 5) is 10.9. The zero-order chi connectivity index (χ0) is 14.8. The fourth-order valence-electron chi connectivity index (χ4n) is 1.62. The SMILES string of the molecule is CCn1cc(S(=O)(=O)Nc2cccnn2)cc1C(=O)O. The summed E-state index contributed by atoms with van der Waals surface area (Å²) in [6, 6.07) is 4.08. The lowest BCUT2D eigenvalue weighted by Gasteiger charge is -2.03. The number of hydrogen-bond donors (Lipinski definition) is 2. The number of nitrogens with zero attached hydrogens (tertiary/aromatic N) is 3. The number of aromatic carboxylic acids is 1. The molecule has 0 bridgehead atoms. The van der Waals surface area contributed by atoms with Gasteiger partial charge < -0.3 is 9.67 Å². The van der Waals surface area contributed by atoms with E-state index in [-0.39, 0.29) is 16.4 Å². The molecule has 0 aliphatic heterocycles. The molecule has 8 nitrogen and oxygen atoms in total. The Labute approximate surface area is 115 Å². The van der Waals surface area contributed by atoms with Crippen molar-refractivity contribution in [3.05, 3.63) is 36.3 Å². The zero-order valence-electron chi connectivity index (χ0n) is 10.5. The molecule has 2 N–H and O–H groups in total. The van der Waals surface area contributed by atoms with Gasteiger partial charge in [-0.3, -0.25) is 4.72 Å². The van der Waals surface area contributed by atoms with E-state index in [1.54, 1.807) is 6.92 Å². The average Bonchev–Trinajstić information content (AvgIpc) is 2.84. The third kappa shape index (κ3) is 2.77. The molecule has 0 radical (unpaired) electrons. The summed E-state index contributed by atoms with van der Waals surface area (Å²) in [5.74, 6) is -1.12. The molecule has 0 aliphatic carbocycles. The van der Waals surface area contributed by atoms with Crippen molar-refractivity contribution < 1.29 is 18.3 Å². The summed E-state index contributed by atoms with van der Waals surface area (Å²) in [5, 5.41) is 16.2. The number of nitrogens with one attached hydrogen (secondary N) is 1. The van der Waals surface area contributed by atoms with Crippen molar-refractivity contribution in [3.8, 4) is 0 Å². The number of aromatic nitrogens is 3. The van der Waals surface area contributed by atoms with E-state index in [2.05, 4.69) is 14.9 Å². The second kappa shape index (κ2) is 5.29. The largest absolute Gasteiger partial charge is 0.477 e. The first-order valence-corrected chi connectivity index (χ1v) is 7.16. The molecule has 0 atom stereocenters. The lowest BCUT2D eigenvalue weighted by Crippen LogP contribution is -2.13. The second-order valence-corrected chi connectivity index (χ2v) is 5.55. The second-order valence-electron chi connectivity index (χ2n) is 3.87.